The lowest BCUT2D eigenvalue weighted by atomic mass is 9.96. The molecule has 3 nitrogen and oxygen atoms in total. The third-order valence-corrected chi connectivity index (χ3v) is 4.08. The molecule has 0 bridgehead atoms. The Labute approximate surface area is 125 Å². The number of hydrogen-bond donors (Lipinski definition) is 2. The number of hydrogen-bond acceptors (Lipinski definition) is 1. The Morgan fingerprint density at radius 1 is 1.14 bits per heavy atom. The van der Waals surface area contributed by atoms with E-state index in [0.29, 0.717) is 5.96 Å². The highest BCUT2D eigenvalue weighted by molar-refractivity contribution is 5.92. The second-order valence-electron chi connectivity index (χ2n) is 5.84. The van der Waals surface area contributed by atoms with Gasteiger partial charge in [-0.05, 0) is 43.0 Å². The SMILES string of the molecule is Cc1cccc(NC(N)=NCC2(c3ccccc3)CC2)c1. The van der Waals surface area contributed by atoms with Crippen molar-refractivity contribution in [1.82, 2.24) is 0 Å². The fourth-order valence-electron chi connectivity index (χ4n) is 2.63. The summed E-state index contributed by atoms with van der Waals surface area (Å²) in [6.07, 6.45) is 2.39. The molecule has 0 radical (unpaired) electrons. The molecule has 1 saturated carbocycles. The molecule has 0 atom stereocenters. The van der Waals surface area contributed by atoms with Crippen LogP contribution in [-0.4, -0.2) is 12.5 Å². The highest BCUT2D eigenvalue weighted by Gasteiger charge is 2.43. The fraction of sp³-hybridized carbons (Fsp3) is 0.278. The molecular weight excluding hydrogens is 258 g/mol. The van der Waals surface area contributed by atoms with Crippen LogP contribution in [0.2, 0.25) is 0 Å². The fourth-order valence-corrected chi connectivity index (χ4v) is 2.63. The van der Waals surface area contributed by atoms with E-state index in [-0.39, 0.29) is 5.41 Å². The number of nitrogens with two attached hydrogens (primary N) is 1. The van der Waals surface area contributed by atoms with Gasteiger partial charge in [0.15, 0.2) is 5.96 Å². The molecule has 0 spiro atoms. The zero-order valence-corrected chi connectivity index (χ0v) is 12.3. The third kappa shape index (κ3) is 3.24. The number of guanidine groups is 1. The van der Waals surface area contributed by atoms with Gasteiger partial charge in [-0.25, -0.2) is 0 Å². The molecule has 2 aromatic rings. The zero-order valence-electron chi connectivity index (χ0n) is 12.3. The predicted molar refractivity (Wildman–Crippen MR) is 88.6 cm³/mol. The van der Waals surface area contributed by atoms with Crippen LogP contribution < -0.4 is 11.1 Å². The van der Waals surface area contributed by atoms with Crippen LogP contribution >= 0.6 is 0 Å². The lowest BCUT2D eigenvalue weighted by Gasteiger charge is -2.13. The molecule has 0 heterocycles. The molecular formula is C18H21N3. The largest absolute Gasteiger partial charge is 0.370 e. The van der Waals surface area contributed by atoms with Crippen LogP contribution in [0.3, 0.4) is 0 Å². The van der Waals surface area contributed by atoms with Gasteiger partial charge in [-0.15, -0.1) is 0 Å². The Morgan fingerprint density at radius 2 is 1.90 bits per heavy atom. The smallest absolute Gasteiger partial charge is 0.193 e. The summed E-state index contributed by atoms with van der Waals surface area (Å²) in [5.41, 5.74) is 9.78. The van der Waals surface area contributed by atoms with Crippen LogP contribution in [0.4, 0.5) is 5.69 Å². The molecule has 108 valence electrons. The van der Waals surface area contributed by atoms with E-state index in [1.165, 1.54) is 24.0 Å². The van der Waals surface area contributed by atoms with E-state index >= 15 is 0 Å². The van der Waals surface area contributed by atoms with Crippen molar-refractivity contribution in [3.63, 3.8) is 0 Å². The number of rotatable bonds is 4. The molecule has 1 fully saturated rings. The van der Waals surface area contributed by atoms with Crippen LogP contribution in [0.1, 0.15) is 24.0 Å². The van der Waals surface area contributed by atoms with Gasteiger partial charge in [-0.3, -0.25) is 4.99 Å². The Morgan fingerprint density at radius 3 is 2.57 bits per heavy atom. The number of aryl methyl sites for hydroxylation is 1. The van der Waals surface area contributed by atoms with Crippen molar-refractivity contribution in [2.75, 3.05) is 11.9 Å². The molecule has 1 aliphatic carbocycles. The van der Waals surface area contributed by atoms with Crippen LogP contribution in [-0.2, 0) is 5.41 Å². The van der Waals surface area contributed by atoms with Crippen molar-refractivity contribution in [2.24, 2.45) is 10.7 Å². The monoisotopic (exact) mass is 279 g/mol. The molecule has 1 aliphatic rings. The maximum Gasteiger partial charge on any atom is 0.193 e. The molecule has 0 saturated heterocycles. The molecule has 0 aliphatic heterocycles. The average molecular weight is 279 g/mol. The molecule has 0 unspecified atom stereocenters. The number of anilines is 1. The summed E-state index contributed by atoms with van der Waals surface area (Å²) in [5, 5.41) is 3.16. The van der Waals surface area contributed by atoms with Crippen molar-refractivity contribution in [1.29, 1.82) is 0 Å². The maximum absolute atomic E-state index is 6.01. The lowest BCUT2D eigenvalue weighted by Crippen LogP contribution is -2.25. The van der Waals surface area contributed by atoms with Crippen molar-refractivity contribution in [2.45, 2.75) is 25.2 Å². The van der Waals surface area contributed by atoms with Gasteiger partial charge in [-0.1, -0.05) is 42.5 Å². The summed E-state index contributed by atoms with van der Waals surface area (Å²) in [5.74, 6) is 0.489. The van der Waals surface area contributed by atoms with Crippen molar-refractivity contribution in [3.8, 4) is 0 Å². The Balaban J connectivity index is 1.66. The molecule has 0 amide bonds. The summed E-state index contributed by atoms with van der Waals surface area (Å²) in [6, 6.07) is 18.7. The first-order valence-corrected chi connectivity index (χ1v) is 7.37. The number of benzene rings is 2. The minimum atomic E-state index is 0.208. The summed E-state index contributed by atoms with van der Waals surface area (Å²) >= 11 is 0. The first kappa shape index (κ1) is 13.7. The second-order valence-corrected chi connectivity index (χ2v) is 5.84. The van der Waals surface area contributed by atoms with Crippen molar-refractivity contribution >= 4 is 11.6 Å². The molecule has 3 heteroatoms. The topological polar surface area (TPSA) is 50.4 Å². The van der Waals surface area contributed by atoms with E-state index in [1.54, 1.807) is 0 Å². The minimum absolute atomic E-state index is 0.208. The van der Waals surface area contributed by atoms with Gasteiger partial charge in [0.2, 0.25) is 0 Å². The quantitative estimate of drug-likeness (QED) is 0.665. The van der Waals surface area contributed by atoms with Gasteiger partial charge < -0.3 is 11.1 Å². The first-order chi connectivity index (χ1) is 10.2. The van der Waals surface area contributed by atoms with Gasteiger partial charge >= 0.3 is 0 Å². The van der Waals surface area contributed by atoms with Crippen LogP contribution in [0.5, 0.6) is 0 Å². The summed E-state index contributed by atoms with van der Waals surface area (Å²) in [4.78, 5) is 4.54. The van der Waals surface area contributed by atoms with E-state index in [1.807, 2.05) is 12.1 Å². The number of nitrogens with zero attached hydrogens (tertiary/aromatic N) is 1. The van der Waals surface area contributed by atoms with Gasteiger partial charge in [0.1, 0.15) is 0 Å². The molecule has 3 rings (SSSR count). The number of nitrogens with one attached hydrogen (secondary N) is 1. The van der Waals surface area contributed by atoms with Crippen LogP contribution in [0.25, 0.3) is 0 Å². The Kier molecular flexibility index (Phi) is 3.65. The van der Waals surface area contributed by atoms with Gasteiger partial charge in [-0.2, -0.15) is 0 Å². The van der Waals surface area contributed by atoms with E-state index in [2.05, 4.69) is 59.7 Å². The summed E-state index contributed by atoms with van der Waals surface area (Å²) in [6.45, 7) is 2.81. The van der Waals surface area contributed by atoms with Gasteiger partial charge in [0.05, 0.1) is 6.54 Å². The van der Waals surface area contributed by atoms with Crippen LogP contribution in [0.15, 0.2) is 59.6 Å². The molecule has 0 aromatic heterocycles. The van der Waals surface area contributed by atoms with Crippen molar-refractivity contribution < 1.29 is 0 Å². The molecule has 21 heavy (non-hydrogen) atoms. The highest BCUT2D eigenvalue weighted by Crippen LogP contribution is 2.48. The Bertz CT molecular complexity index is 643. The Hall–Kier alpha value is -2.29. The maximum atomic E-state index is 6.01. The normalized spacial score (nSPS) is 16.5. The lowest BCUT2D eigenvalue weighted by molar-refractivity contribution is 0.705. The second kappa shape index (κ2) is 5.60. The first-order valence-electron chi connectivity index (χ1n) is 7.37. The zero-order chi connectivity index (χ0) is 14.7. The molecule has 2 aromatic carbocycles. The molecule has 3 N–H and O–H groups in total. The number of aliphatic imine (C=N–C) groups is 1. The van der Waals surface area contributed by atoms with E-state index in [0.717, 1.165) is 12.2 Å². The van der Waals surface area contributed by atoms with Gasteiger partial charge in [0, 0.05) is 11.1 Å². The standard InChI is InChI=1S/C18H21N3/c1-14-6-5-9-16(12-14)21-17(19)20-13-18(10-11-18)15-7-3-2-4-8-15/h2-9,12H,10-11,13H2,1H3,(H3,19,20,21). The van der Waals surface area contributed by atoms with Crippen LogP contribution in [0, 0.1) is 6.92 Å². The van der Waals surface area contributed by atoms with Crippen molar-refractivity contribution in [3.05, 3.63) is 65.7 Å². The summed E-state index contributed by atoms with van der Waals surface area (Å²) in [7, 11) is 0. The third-order valence-electron chi connectivity index (χ3n) is 4.08. The highest BCUT2D eigenvalue weighted by atomic mass is 15.1. The van der Waals surface area contributed by atoms with E-state index < -0.39 is 0 Å². The van der Waals surface area contributed by atoms with E-state index in [4.69, 9.17) is 5.73 Å². The predicted octanol–water partition coefficient (Wildman–Crippen LogP) is 3.45. The minimum Gasteiger partial charge on any atom is -0.370 e. The van der Waals surface area contributed by atoms with Gasteiger partial charge in [0.25, 0.3) is 0 Å². The summed E-state index contributed by atoms with van der Waals surface area (Å²) < 4.78 is 0. The average Bonchev–Trinajstić information content (AvgIpc) is 3.27. The van der Waals surface area contributed by atoms with E-state index in [9.17, 15) is 0 Å².